The molecule has 0 saturated carbocycles. The summed E-state index contributed by atoms with van der Waals surface area (Å²) in [5.41, 5.74) is 0.592. The van der Waals surface area contributed by atoms with Gasteiger partial charge >= 0.3 is 0 Å². The normalized spacial score (nSPS) is 11.2. The van der Waals surface area contributed by atoms with Crippen LogP contribution in [0.1, 0.15) is 15.2 Å². The Bertz CT molecular complexity index is 712. The zero-order valence-corrected chi connectivity index (χ0v) is 14.6. The zero-order valence-electron chi connectivity index (χ0n) is 13.0. The first kappa shape index (κ1) is 18.2. The summed E-state index contributed by atoms with van der Waals surface area (Å²) >= 11 is 7.29. The predicted molar refractivity (Wildman–Crippen MR) is 96.1 cm³/mol. The average molecular weight is 365 g/mol. The number of ether oxygens (including phenoxy) is 1. The van der Waals surface area contributed by atoms with Crippen LogP contribution in [0.25, 0.3) is 6.08 Å². The first-order valence-electron chi connectivity index (χ1n) is 7.19. The Morgan fingerprint density at radius 2 is 2.00 bits per heavy atom. The summed E-state index contributed by atoms with van der Waals surface area (Å²) in [7, 11) is 1.55. The smallest absolute Gasteiger partial charge is 0.267 e. The van der Waals surface area contributed by atoms with Crippen LogP contribution in [0.5, 0.6) is 0 Å². The van der Waals surface area contributed by atoms with E-state index in [0.29, 0.717) is 23.7 Å². The van der Waals surface area contributed by atoms with Crippen LogP contribution in [-0.2, 0) is 9.53 Å². The van der Waals surface area contributed by atoms with E-state index in [9.17, 15) is 9.59 Å². The van der Waals surface area contributed by atoms with E-state index >= 15 is 0 Å². The van der Waals surface area contributed by atoms with Gasteiger partial charge in [-0.25, -0.2) is 0 Å². The number of halogens is 1. The van der Waals surface area contributed by atoms with Crippen molar-refractivity contribution in [3.8, 4) is 0 Å². The molecule has 7 heteroatoms. The summed E-state index contributed by atoms with van der Waals surface area (Å²) < 4.78 is 4.91. The zero-order chi connectivity index (χ0) is 17.4. The number of carbonyl (C=O) groups is 2. The van der Waals surface area contributed by atoms with Crippen molar-refractivity contribution in [2.75, 3.05) is 20.3 Å². The molecule has 1 aromatic heterocycles. The molecule has 126 valence electrons. The van der Waals surface area contributed by atoms with Gasteiger partial charge in [-0.3, -0.25) is 9.59 Å². The second kappa shape index (κ2) is 9.22. The van der Waals surface area contributed by atoms with E-state index in [1.165, 1.54) is 11.3 Å². The molecule has 24 heavy (non-hydrogen) atoms. The van der Waals surface area contributed by atoms with Crippen molar-refractivity contribution in [2.45, 2.75) is 0 Å². The summed E-state index contributed by atoms with van der Waals surface area (Å²) in [4.78, 5) is 25.5. The molecule has 0 fully saturated rings. The van der Waals surface area contributed by atoms with Gasteiger partial charge in [-0.15, -0.1) is 11.3 Å². The molecular formula is C17H17ClN2O3S. The highest BCUT2D eigenvalue weighted by atomic mass is 35.5. The minimum Gasteiger partial charge on any atom is -0.383 e. The lowest BCUT2D eigenvalue weighted by atomic mass is 10.2. The molecule has 0 radical (unpaired) electrons. The van der Waals surface area contributed by atoms with Gasteiger partial charge in [-0.05, 0) is 41.8 Å². The number of rotatable bonds is 7. The van der Waals surface area contributed by atoms with Crippen molar-refractivity contribution in [1.82, 2.24) is 10.6 Å². The van der Waals surface area contributed by atoms with Gasteiger partial charge in [0, 0.05) is 29.1 Å². The second-order valence-corrected chi connectivity index (χ2v) is 6.20. The largest absolute Gasteiger partial charge is 0.383 e. The van der Waals surface area contributed by atoms with Gasteiger partial charge < -0.3 is 15.4 Å². The van der Waals surface area contributed by atoms with Crippen molar-refractivity contribution in [1.29, 1.82) is 0 Å². The van der Waals surface area contributed by atoms with Gasteiger partial charge in [0.1, 0.15) is 5.70 Å². The molecule has 0 bridgehead atoms. The summed E-state index contributed by atoms with van der Waals surface area (Å²) in [5.74, 6) is -0.751. The van der Waals surface area contributed by atoms with E-state index in [2.05, 4.69) is 10.6 Å². The number of amides is 2. The lowest BCUT2D eigenvalue weighted by molar-refractivity contribution is -0.117. The Hall–Kier alpha value is -2.15. The number of thiophene rings is 1. The van der Waals surface area contributed by atoms with Gasteiger partial charge in [0.15, 0.2) is 0 Å². The van der Waals surface area contributed by atoms with E-state index in [4.69, 9.17) is 16.3 Å². The van der Waals surface area contributed by atoms with Gasteiger partial charge in [-0.2, -0.15) is 0 Å². The summed E-state index contributed by atoms with van der Waals surface area (Å²) in [6.45, 7) is 0.747. The van der Waals surface area contributed by atoms with E-state index < -0.39 is 0 Å². The predicted octanol–water partition coefficient (Wildman–Crippen LogP) is 2.94. The van der Waals surface area contributed by atoms with E-state index in [0.717, 1.165) is 4.88 Å². The maximum Gasteiger partial charge on any atom is 0.267 e. The van der Waals surface area contributed by atoms with Gasteiger partial charge in [0.25, 0.3) is 11.8 Å². The van der Waals surface area contributed by atoms with Gasteiger partial charge in [0.05, 0.1) is 6.61 Å². The number of carbonyl (C=O) groups excluding carboxylic acids is 2. The molecule has 2 N–H and O–H groups in total. The Balaban J connectivity index is 2.14. The molecule has 2 rings (SSSR count). The molecule has 0 saturated heterocycles. The quantitative estimate of drug-likeness (QED) is 0.586. The molecule has 0 aliphatic heterocycles. The molecule has 2 aromatic rings. The Kier molecular flexibility index (Phi) is 6.99. The van der Waals surface area contributed by atoms with Crippen LogP contribution in [0.2, 0.25) is 5.02 Å². The lowest BCUT2D eigenvalue weighted by Crippen LogP contribution is -2.36. The van der Waals surface area contributed by atoms with Crippen molar-refractivity contribution in [2.24, 2.45) is 0 Å². The second-order valence-electron chi connectivity index (χ2n) is 4.78. The monoisotopic (exact) mass is 364 g/mol. The molecule has 2 amide bonds. The highest BCUT2D eigenvalue weighted by molar-refractivity contribution is 7.10. The van der Waals surface area contributed by atoms with Crippen LogP contribution >= 0.6 is 22.9 Å². The minimum absolute atomic E-state index is 0.175. The fraction of sp³-hybridized carbons (Fsp3) is 0.176. The Morgan fingerprint density at radius 3 is 2.62 bits per heavy atom. The average Bonchev–Trinajstić information content (AvgIpc) is 3.08. The van der Waals surface area contributed by atoms with Crippen LogP contribution < -0.4 is 10.6 Å². The highest BCUT2D eigenvalue weighted by Crippen LogP contribution is 2.14. The number of benzene rings is 1. The number of nitrogens with one attached hydrogen (secondary N) is 2. The molecular weight excluding hydrogens is 348 g/mol. The number of methoxy groups -OCH3 is 1. The third kappa shape index (κ3) is 5.49. The molecule has 0 atom stereocenters. The highest BCUT2D eigenvalue weighted by Gasteiger charge is 2.14. The van der Waals surface area contributed by atoms with Crippen molar-refractivity contribution < 1.29 is 14.3 Å². The van der Waals surface area contributed by atoms with E-state index in [1.54, 1.807) is 37.5 Å². The Labute approximate surface area is 149 Å². The third-order valence-electron chi connectivity index (χ3n) is 3.02. The van der Waals surface area contributed by atoms with E-state index in [1.807, 2.05) is 17.5 Å². The summed E-state index contributed by atoms with van der Waals surface area (Å²) in [5, 5.41) is 7.79. The van der Waals surface area contributed by atoms with Crippen molar-refractivity contribution in [3.63, 3.8) is 0 Å². The standard InChI is InChI=1S/C17H17ClN2O3S/c1-23-9-8-19-17(22)15(11-14-3-2-10-24-14)20-16(21)12-4-6-13(18)7-5-12/h2-7,10-11H,8-9H2,1H3,(H,19,22)(H,20,21)/b15-11-. The SMILES string of the molecule is COCCNC(=O)/C(=C/c1cccs1)NC(=O)c1ccc(Cl)cc1. The van der Waals surface area contributed by atoms with Gasteiger partial charge in [-0.1, -0.05) is 17.7 Å². The van der Waals surface area contributed by atoms with Crippen molar-refractivity contribution in [3.05, 3.63) is 62.9 Å². The fourth-order valence-corrected chi connectivity index (χ4v) is 2.61. The fourth-order valence-electron chi connectivity index (χ4n) is 1.83. The molecule has 5 nitrogen and oxygen atoms in total. The number of hydrogen-bond donors (Lipinski definition) is 2. The number of hydrogen-bond acceptors (Lipinski definition) is 4. The third-order valence-corrected chi connectivity index (χ3v) is 4.09. The minimum atomic E-state index is -0.378. The summed E-state index contributed by atoms with van der Waals surface area (Å²) in [6.07, 6.45) is 1.64. The first-order valence-corrected chi connectivity index (χ1v) is 8.45. The first-order chi connectivity index (χ1) is 11.6. The molecule has 1 aromatic carbocycles. The molecule has 1 heterocycles. The lowest BCUT2D eigenvalue weighted by Gasteiger charge is -2.10. The Morgan fingerprint density at radius 1 is 1.25 bits per heavy atom. The molecule has 0 aliphatic rings. The van der Waals surface area contributed by atoms with Crippen LogP contribution in [0.15, 0.2) is 47.5 Å². The van der Waals surface area contributed by atoms with Crippen molar-refractivity contribution >= 4 is 40.8 Å². The van der Waals surface area contributed by atoms with Crippen LogP contribution in [0.3, 0.4) is 0 Å². The topological polar surface area (TPSA) is 67.4 Å². The summed E-state index contributed by atoms with van der Waals surface area (Å²) in [6, 6.07) is 10.2. The molecule has 0 unspecified atom stereocenters. The maximum absolute atomic E-state index is 12.3. The van der Waals surface area contributed by atoms with Crippen LogP contribution in [0.4, 0.5) is 0 Å². The molecule has 0 aliphatic carbocycles. The molecule has 0 spiro atoms. The van der Waals surface area contributed by atoms with E-state index in [-0.39, 0.29) is 17.5 Å². The maximum atomic E-state index is 12.3. The van der Waals surface area contributed by atoms with Crippen LogP contribution in [0, 0.1) is 0 Å². The van der Waals surface area contributed by atoms with Gasteiger partial charge in [0.2, 0.25) is 0 Å². The van der Waals surface area contributed by atoms with Crippen LogP contribution in [-0.4, -0.2) is 32.1 Å².